The molecule has 1 atom stereocenters. The van der Waals surface area contributed by atoms with Crippen LogP contribution < -0.4 is 4.90 Å². The lowest BCUT2D eigenvalue weighted by Crippen LogP contribution is -2.33. The van der Waals surface area contributed by atoms with Gasteiger partial charge in [0.1, 0.15) is 5.82 Å². The van der Waals surface area contributed by atoms with Gasteiger partial charge in [-0.2, -0.15) is 0 Å². The second kappa shape index (κ2) is 5.35. The van der Waals surface area contributed by atoms with E-state index in [0.29, 0.717) is 12.3 Å². The van der Waals surface area contributed by atoms with Crippen LogP contribution in [-0.2, 0) is 15.7 Å². The highest BCUT2D eigenvalue weighted by molar-refractivity contribution is 9.10. The zero-order valence-electron chi connectivity index (χ0n) is 9.94. The Hall–Kier alpha value is -0.330. The first kappa shape index (κ1) is 14.1. The zero-order chi connectivity index (χ0) is 13.3. The molecule has 0 radical (unpaired) electrons. The maximum absolute atomic E-state index is 11.5. The number of halogens is 2. The summed E-state index contributed by atoms with van der Waals surface area (Å²) in [6.45, 7) is 0. The lowest BCUT2D eigenvalue weighted by molar-refractivity contribution is 0.600. The first-order chi connectivity index (χ1) is 8.43. The fourth-order valence-corrected chi connectivity index (χ4v) is 4.49. The van der Waals surface area contributed by atoms with Gasteiger partial charge in [-0.05, 0) is 28.4 Å². The van der Waals surface area contributed by atoms with E-state index in [1.54, 1.807) is 6.20 Å². The molecule has 7 heteroatoms. The van der Waals surface area contributed by atoms with Crippen molar-refractivity contribution in [3.05, 3.63) is 22.3 Å². The average molecular weight is 354 g/mol. The van der Waals surface area contributed by atoms with Crippen LogP contribution in [0.25, 0.3) is 0 Å². The number of hydrogen-bond donors (Lipinski definition) is 0. The molecule has 0 saturated carbocycles. The van der Waals surface area contributed by atoms with Crippen LogP contribution in [0.5, 0.6) is 0 Å². The molecule has 2 heterocycles. The largest absolute Gasteiger partial charge is 0.355 e. The Kier molecular flexibility index (Phi) is 4.18. The highest BCUT2D eigenvalue weighted by atomic mass is 79.9. The molecule has 0 aliphatic carbocycles. The van der Waals surface area contributed by atoms with Gasteiger partial charge in [0.2, 0.25) is 0 Å². The summed E-state index contributed by atoms with van der Waals surface area (Å²) in [7, 11) is -1.02. The van der Waals surface area contributed by atoms with Crippen LogP contribution in [0, 0.1) is 0 Å². The van der Waals surface area contributed by atoms with E-state index in [1.807, 2.05) is 18.0 Å². The lowest BCUT2D eigenvalue weighted by atomic mass is 10.2. The van der Waals surface area contributed by atoms with Crippen molar-refractivity contribution in [3.8, 4) is 0 Å². The van der Waals surface area contributed by atoms with E-state index in [1.165, 1.54) is 0 Å². The summed E-state index contributed by atoms with van der Waals surface area (Å²) in [4.78, 5) is 6.27. The number of hydrogen-bond acceptors (Lipinski definition) is 4. The van der Waals surface area contributed by atoms with Crippen LogP contribution in [0.2, 0.25) is 0 Å². The van der Waals surface area contributed by atoms with Gasteiger partial charge < -0.3 is 4.90 Å². The van der Waals surface area contributed by atoms with E-state index >= 15 is 0 Å². The van der Waals surface area contributed by atoms with Crippen LogP contribution in [0.15, 0.2) is 16.7 Å². The molecule has 1 saturated heterocycles. The quantitative estimate of drug-likeness (QED) is 0.782. The van der Waals surface area contributed by atoms with E-state index in [0.717, 1.165) is 15.9 Å². The first-order valence-electron chi connectivity index (χ1n) is 5.56. The molecule has 0 N–H and O–H groups in total. The molecule has 0 bridgehead atoms. The Morgan fingerprint density at radius 3 is 2.89 bits per heavy atom. The second-order valence-electron chi connectivity index (χ2n) is 4.44. The molecule has 1 aliphatic rings. The minimum absolute atomic E-state index is 0.00866. The average Bonchev–Trinajstić information content (AvgIpc) is 2.68. The highest BCUT2D eigenvalue weighted by Crippen LogP contribution is 2.27. The molecule has 1 fully saturated rings. The van der Waals surface area contributed by atoms with Crippen LogP contribution in [0.3, 0.4) is 0 Å². The molecule has 0 amide bonds. The number of pyridine rings is 1. The molecule has 0 spiro atoms. The van der Waals surface area contributed by atoms with E-state index in [4.69, 9.17) is 11.6 Å². The SMILES string of the molecule is CN(c1ncc(Br)cc1CCl)C1CCS(=O)(=O)C1. The van der Waals surface area contributed by atoms with Gasteiger partial charge in [0.15, 0.2) is 9.84 Å². The number of sulfone groups is 1. The third-order valence-electron chi connectivity index (χ3n) is 3.14. The lowest BCUT2D eigenvalue weighted by Gasteiger charge is -2.26. The molecule has 1 aromatic heterocycles. The molecule has 100 valence electrons. The predicted molar refractivity (Wildman–Crippen MR) is 77.0 cm³/mol. The number of rotatable bonds is 3. The van der Waals surface area contributed by atoms with Gasteiger partial charge in [0, 0.05) is 29.3 Å². The van der Waals surface area contributed by atoms with E-state index in [9.17, 15) is 8.42 Å². The van der Waals surface area contributed by atoms with Gasteiger partial charge in [-0.15, -0.1) is 11.6 Å². The molecule has 4 nitrogen and oxygen atoms in total. The molecule has 1 aromatic rings. The summed E-state index contributed by atoms with van der Waals surface area (Å²) in [5, 5.41) is 0. The Balaban J connectivity index is 2.26. The maximum Gasteiger partial charge on any atom is 0.152 e. The number of alkyl halides is 1. The van der Waals surface area contributed by atoms with E-state index < -0.39 is 9.84 Å². The molecule has 0 aromatic carbocycles. The van der Waals surface area contributed by atoms with Crippen molar-refractivity contribution in [1.82, 2.24) is 4.98 Å². The second-order valence-corrected chi connectivity index (χ2v) is 7.85. The highest BCUT2D eigenvalue weighted by Gasteiger charge is 2.31. The smallest absolute Gasteiger partial charge is 0.152 e. The summed E-state index contributed by atoms with van der Waals surface area (Å²) >= 11 is 9.26. The van der Waals surface area contributed by atoms with E-state index in [-0.39, 0.29) is 17.5 Å². The first-order valence-corrected chi connectivity index (χ1v) is 8.71. The number of aromatic nitrogens is 1. The fraction of sp³-hybridized carbons (Fsp3) is 0.545. The van der Waals surface area contributed by atoms with Gasteiger partial charge >= 0.3 is 0 Å². The van der Waals surface area contributed by atoms with Crippen molar-refractivity contribution in [3.63, 3.8) is 0 Å². The normalized spacial score (nSPS) is 22.1. The van der Waals surface area contributed by atoms with Gasteiger partial charge in [-0.1, -0.05) is 0 Å². The minimum Gasteiger partial charge on any atom is -0.355 e. The monoisotopic (exact) mass is 352 g/mol. The van der Waals surface area contributed by atoms with Crippen molar-refractivity contribution < 1.29 is 8.42 Å². The molecular formula is C11H14BrClN2O2S. The third kappa shape index (κ3) is 2.97. The van der Waals surface area contributed by atoms with Crippen LogP contribution >= 0.6 is 27.5 Å². The Morgan fingerprint density at radius 1 is 1.61 bits per heavy atom. The summed E-state index contributed by atoms with van der Waals surface area (Å²) in [5.74, 6) is 1.57. The van der Waals surface area contributed by atoms with Crippen molar-refractivity contribution in [2.24, 2.45) is 0 Å². The summed E-state index contributed by atoms with van der Waals surface area (Å²) < 4.78 is 23.9. The van der Waals surface area contributed by atoms with Crippen LogP contribution in [-0.4, -0.2) is 38.0 Å². The van der Waals surface area contributed by atoms with Crippen molar-refractivity contribution >= 4 is 43.2 Å². The number of nitrogens with zero attached hydrogens (tertiary/aromatic N) is 2. The van der Waals surface area contributed by atoms with Gasteiger partial charge in [0.25, 0.3) is 0 Å². The molecule has 18 heavy (non-hydrogen) atoms. The van der Waals surface area contributed by atoms with Crippen LogP contribution in [0.1, 0.15) is 12.0 Å². The maximum atomic E-state index is 11.5. The molecular weight excluding hydrogens is 340 g/mol. The topological polar surface area (TPSA) is 50.3 Å². The van der Waals surface area contributed by atoms with Crippen LogP contribution in [0.4, 0.5) is 5.82 Å². The predicted octanol–water partition coefficient (Wildman–Crippen LogP) is 2.21. The van der Waals surface area contributed by atoms with Gasteiger partial charge in [-0.3, -0.25) is 0 Å². The van der Waals surface area contributed by atoms with Crippen molar-refractivity contribution in [2.75, 3.05) is 23.5 Å². The standard InChI is InChI=1S/C11H14BrClN2O2S/c1-15(10-2-3-18(16,17)7-10)11-8(5-13)4-9(12)6-14-11/h4,6,10H,2-3,5,7H2,1H3. The summed E-state index contributed by atoms with van der Waals surface area (Å²) in [6, 6.07) is 1.90. The molecule has 2 rings (SSSR count). The van der Waals surface area contributed by atoms with Gasteiger partial charge in [-0.25, -0.2) is 13.4 Å². The fourth-order valence-electron chi connectivity index (χ4n) is 2.14. The van der Waals surface area contributed by atoms with Crippen molar-refractivity contribution in [2.45, 2.75) is 18.3 Å². The number of anilines is 1. The minimum atomic E-state index is -2.89. The zero-order valence-corrected chi connectivity index (χ0v) is 13.1. The van der Waals surface area contributed by atoms with E-state index in [2.05, 4.69) is 20.9 Å². The Morgan fingerprint density at radius 2 is 2.33 bits per heavy atom. The third-order valence-corrected chi connectivity index (χ3v) is 5.62. The Bertz CT molecular complexity index is 550. The molecule has 1 unspecified atom stereocenters. The summed E-state index contributed by atoms with van der Waals surface area (Å²) in [6.07, 6.45) is 2.35. The van der Waals surface area contributed by atoms with Gasteiger partial charge in [0.05, 0.1) is 17.4 Å². The summed E-state index contributed by atoms with van der Waals surface area (Å²) in [5.41, 5.74) is 0.901. The molecule has 1 aliphatic heterocycles. The Labute approximate surface area is 120 Å². The van der Waals surface area contributed by atoms with Crippen molar-refractivity contribution in [1.29, 1.82) is 0 Å².